The predicted octanol–water partition coefficient (Wildman–Crippen LogP) is 3.86. The fraction of sp³-hybridized carbons (Fsp3) is 0.111. The van der Waals surface area contributed by atoms with E-state index in [9.17, 15) is 14.9 Å². The van der Waals surface area contributed by atoms with Crippen molar-refractivity contribution < 1.29 is 9.72 Å². The van der Waals surface area contributed by atoms with E-state index >= 15 is 0 Å². The Labute approximate surface area is 153 Å². The normalized spacial score (nSPS) is 10.6. The summed E-state index contributed by atoms with van der Waals surface area (Å²) in [6, 6.07) is 13.5. The van der Waals surface area contributed by atoms with Crippen molar-refractivity contribution in [1.82, 2.24) is 9.55 Å². The summed E-state index contributed by atoms with van der Waals surface area (Å²) in [6.45, 7) is 4.37. The minimum Gasteiger partial charge on any atom is -0.325 e. The largest absolute Gasteiger partial charge is 0.325 e. The number of allylic oxidation sites excluding steroid dienone is 1. The molecule has 132 valence electrons. The molecule has 0 saturated heterocycles. The number of rotatable bonds is 7. The molecule has 26 heavy (non-hydrogen) atoms. The molecule has 1 N–H and O–H groups in total. The molecule has 0 saturated carbocycles. The number of nitro groups is 1. The lowest BCUT2D eigenvalue weighted by Gasteiger charge is -2.07. The third kappa shape index (κ3) is 3.92. The van der Waals surface area contributed by atoms with Crippen LogP contribution in [0.25, 0.3) is 11.0 Å². The first-order valence-electron chi connectivity index (χ1n) is 7.82. The number of anilines is 1. The van der Waals surface area contributed by atoms with E-state index < -0.39 is 4.92 Å². The van der Waals surface area contributed by atoms with Gasteiger partial charge in [0.05, 0.1) is 21.7 Å². The highest BCUT2D eigenvalue weighted by Gasteiger charge is 2.12. The van der Waals surface area contributed by atoms with E-state index in [0.29, 0.717) is 12.2 Å². The van der Waals surface area contributed by atoms with Crippen LogP contribution in [0.2, 0.25) is 0 Å². The van der Waals surface area contributed by atoms with Crippen LogP contribution in [0.4, 0.5) is 11.4 Å². The first-order valence-corrected chi connectivity index (χ1v) is 8.80. The second-order valence-electron chi connectivity index (χ2n) is 5.42. The molecule has 1 heterocycles. The van der Waals surface area contributed by atoms with Gasteiger partial charge < -0.3 is 9.88 Å². The number of nitro benzene ring substituents is 1. The molecular formula is C18H16N4O3S. The molecule has 7 nitrogen and oxygen atoms in total. The monoisotopic (exact) mass is 368 g/mol. The third-order valence-electron chi connectivity index (χ3n) is 3.63. The fourth-order valence-electron chi connectivity index (χ4n) is 2.46. The Morgan fingerprint density at radius 2 is 2.00 bits per heavy atom. The molecule has 0 unspecified atom stereocenters. The summed E-state index contributed by atoms with van der Waals surface area (Å²) in [4.78, 5) is 26.9. The zero-order valence-corrected chi connectivity index (χ0v) is 14.6. The summed E-state index contributed by atoms with van der Waals surface area (Å²) in [5.41, 5.74) is 2.36. The summed E-state index contributed by atoms with van der Waals surface area (Å²) in [5, 5.41) is 14.1. The Morgan fingerprint density at radius 3 is 2.69 bits per heavy atom. The molecule has 3 aromatic rings. The van der Waals surface area contributed by atoms with E-state index in [1.807, 2.05) is 28.8 Å². The lowest BCUT2D eigenvalue weighted by atomic mass is 10.3. The van der Waals surface area contributed by atoms with Gasteiger partial charge in [-0.2, -0.15) is 0 Å². The predicted molar refractivity (Wildman–Crippen MR) is 102 cm³/mol. The topological polar surface area (TPSA) is 90.1 Å². The molecule has 2 aromatic carbocycles. The molecule has 3 rings (SSSR count). The number of benzene rings is 2. The van der Waals surface area contributed by atoms with Gasteiger partial charge in [0.25, 0.3) is 5.69 Å². The van der Waals surface area contributed by atoms with E-state index in [0.717, 1.165) is 16.2 Å². The van der Waals surface area contributed by atoms with Crippen molar-refractivity contribution in [2.75, 3.05) is 11.1 Å². The lowest BCUT2D eigenvalue weighted by Crippen LogP contribution is -2.14. The van der Waals surface area contributed by atoms with Gasteiger partial charge in [-0.05, 0) is 24.3 Å². The molecule has 0 bridgehead atoms. The number of non-ortho nitro benzene ring substituents is 1. The molecule has 1 amide bonds. The average Bonchev–Trinajstić information content (AvgIpc) is 2.99. The van der Waals surface area contributed by atoms with Crippen molar-refractivity contribution in [3.8, 4) is 0 Å². The number of para-hydroxylation sites is 2. The molecule has 0 radical (unpaired) electrons. The van der Waals surface area contributed by atoms with Crippen molar-refractivity contribution in [2.45, 2.75) is 11.7 Å². The number of thioether (sulfide) groups is 1. The van der Waals surface area contributed by atoms with Crippen LogP contribution in [0.1, 0.15) is 0 Å². The maximum atomic E-state index is 12.2. The van der Waals surface area contributed by atoms with Crippen LogP contribution in [0, 0.1) is 10.1 Å². The summed E-state index contributed by atoms with van der Waals surface area (Å²) >= 11 is 1.33. The van der Waals surface area contributed by atoms with Gasteiger partial charge >= 0.3 is 0 Å². The highest BCUT2D eigenvalue weighted by molar-refractivity contribution is 7.99. The molecule has 0 spiro atoms. The summed E-state index contributed by atoms with van der Waals surface area (Å²) in [6.07, 6.45) is 1.79. The second-order valence-corrected chi connectivity index (χ2v) is 6.37. The maximum Gasteiger partial charge on any atom is 0.269 e. The molecule has 0 aliphatic rings. The molecule has 0 aliphatic heterocycles. The Kier molecular flexibility index (Phi) is 5.33. The van der Waals surface area contributed by atoms with Crippen molar-refractivity contribution in [3.05, 3.63) is 71.3 Å². The molecule has 8 heteroatoms. The number of amides is 1. The second kappa shape index (κ2) is 7.83. The Hall–Kier alpha value is -3.13. The van der Waals surface area contributed by atoms with Crippen LogP contribution < -0.4 is 5.32 Å². The minimum atomic E-state index is -0.481. The van der Waals surface area contributed by atoms with E-state index in [1.54, 1.807) is 6.08 Å². The number of nitrogens with one attached hydrogen (secondary N) is 1. The summed E-state index contributed by atoms with van der Waals surface area (Å²) in [5.74, 6) is -0.0293. The number of fused-ring (bicyclic) bond motifs is 1. The SMILES string of the molecule is C=CCn1c(SCC(=O)Nc2ccc([N+](=O)[O-])cc2)nc2ccccc21. The van der Waals surface area contributed by atoms with Crippen LogP contribution in [0.3, 0.4) is 0 Å². The van der Waals surface area contributed by atoms with Gasteiger partial charge in [0.15, 0.2) is 5.16 Å². The van der Waals surface area contributed by atoms with Crippen LogP contribution >= 0.6 is 11.8 Å². The van der Waals surface area contributed by atoms with Crippen molar-refractivity contribution in [3.63, 3.8) is 0 Å². The molecule has 0 aliphatic carbocycles. The van der Waals surface area contributed by atoms with E-state index in [2.05, 4.69) is 16.9 Å². The lowest BCUT2D eigenvalue weighted by molar-refractivity contribution is -0.384. The first-order chi connectivity index (χ1) is 12.6. The van der Waals surface area contributed by atoms with Crippen molar-refractivity contribution >= 4 is 40.1 Å². The highest BCUT2D eigenvalue weighted by Crippen LogP contribution is 2.24. The van der Waals surface area contributed by atoms with Crippen LogP contribution in [-0.2, 0) is 11.3 Å². The molecule has 0 atom stereocenters. The van der Waals surface area contributed by atoms with E-state index in [1.165, 1.54) is 36.0 Å². The third-order valence-corrected chi connectivity index (χ3v) is 4.60. The van der Waals surface area contributed by atoms with Gasteiger partial charge in [-0.15, -0.1) is 6.58 Å². The van der Waals surface area contributed by atoms with Crippen LogP contribution in [-0.4, -0.2) is 26.1 Å². The average molecular weight is 368 g/mol. The number of carbonyl (C=O) groups is 1. The maximum absolute atomic E-state index is 12.2. The number of imidazole rings is 1. The molecule has 1 aromatic heterocycles. The number of nitrogens with zero attached hydrogens (tertiary/aromatic N) is 3. The van der Waals surface area contributed by atoms with Crippen LogP contribution in [0.15, 0.2) is 66.3 Å². The van der Waals surface area contributed by atoms with Crippen molar-refractivity contribution in [2.24, 2.45) is 0 Å². The number of aromatic nitrogens is 2. The molecule has 0 fully saturated rings. The number of carbonyl (C=O) groups excluding carboxylic acids is 1. The van der Waals surface area contributed by atoms with Gasteiger partial charge in [0, 0.05) is 24.4 Å². The zero-order chi connectivity index (χ0) is 18.5. The number of hydrogen-bond donors (Lipinski definition) is 1. The van der Waals surface area contributed by atoms with Crippen LogP contribution in [0.5, 0.6) is 0 Å². The smallest absolute Gasteiger partial charge is 0.269 e. The van der Waals surface area contributed by atoms with Gasteiger partial charge in [0.1, 0.15) is 0 Å². The van der Waals surface area contributed by atoms with Crippen molar-refractivity contribution in [1.29, 1.82) is 0 Å². The standard InChI is InChI=1S/C18H16N4O3S/c1-2-11-21-16-6-4-3-5-15(16)20-18(21)26-12-17(23)19-13-7-9-14(10-8-13)22(24)25/h2-10H,1,11-12H2,(H,19,23). The van der Waals surface area contributed by atoms with Gasteiger partial charge in [0.2, 0.25) is 5.91 Å². The fourth-order valence-corrected chi connectivity index (χ4v) is 3.29. The Bertz CT molecular complexity index is 966. The molecular weight excluding hydrogens is 352 g/mol. The highest BCUT2D eigenvalue weighted by atomic mass is 32.2. The zero-order valence-electron chi connectivity index (χ0n) is 13.8. The quantitative estimate of drug-likeness (QED) is 0.296. The summed E-state index contributed by atoms with van der Waals surface area (Å²) in [7, 11) is 0. The van der Waals surface area contributed by atoms with Gasteiger partial charge in [-0.1, -0.05) is 30.0 Å². The Balaban J connectivity index is 1.67. The first kappa shape index (κ1) is 17.7. The van der Waals surface area contributed by atoms with E-state index in [4.69, 9.17) is 0 Å². The van der Waals surface area contributed by atoms with E-state index in [-0.39, 0.29) is 17.3 Å². The van der Waals surface area contributed by atoms with Gasteiger partial charge in [-0.3, -0.25) is 14.9 Å². The number of hydrogen-bond acceptors (Lipinski definition) is 5. The summed E-state index contributed by atoms with van der Waals surface area (Å²) < 4.78 is 2.01. The minimum absolute atomic E-state index is 0.0180. The Morgan fingerprint density at radius 1 is 1.27 bits per heavy atom. The van der Waals surface area contributed by atoms with Gasteiger partial charge in [-0.25, -0.2) is 4.98 Å².